The van der Waals surface area contributed by atoms with Crippen LogP contribution in [-0.4, -0.2) is 20.0 Å². The number of nitrogens with zero attached hydrogens (tertiary/aromatic N) is 1. The molecule has 0 amide bonds. The minimum atomic E-state index is -3.81. The van der Waals surface area contributed by atoms with E-state index in [1.807, 2.05) is 20.8 Å². The van der Waals surface area contributed by atoms with Crippen molar-refractivity contribution >= 4 is 27.4 Å². The molecule has 1 aromatic heterocycles. The molecule has 0 bridgehead atoms. The summed E-state index contributed by atoms with van der Waals surface area (Å²) < 4.78 is 33.4. The minimum Gasteiger partial charge on any atom is -0.492 e. The first-order valence-corrected chi connectivity index (χ1v) is 9.08. The number of pyridine rings is 1. The molecule has 2 aromatic rings. The van der Waals surface area contributed by atoms with Crippen molar-refractivity contribution < 1.29 is 13.2 Å². The molecule has 1 N–H and O–H groups in total. The molecule has 7 heteroatoms. The second-order valence-corrected chi connectivity index (χ2v) is 7.29. The first-order valence-electron chi connectivity index (χ1n) is 7.22. The summed E-state index contributed by atoms with van der Waals surface area (Å²) in [5, 5.41) is 0.436. The van der Waals surface area contributed by atoms with Gasteiger partial charge >= 0.3 is 0 Å². The van der Waals surface area contributed by atoms with Gasteiger partial charge in [-0.2, -0.15) is 0 Å². The third kappa shape index (κ3) is 4.36. The summed E-state index contributed by atoms with van der Waals surface area (Å²) in [6, 6.07) is 6.43. The van der Waals surface area contributed by atoms with Gasteiger partial charge in [0.15, 0.2) is 0 Å². The van der Waals surface area contributed by atoms with Crippen molar-refractivity contribution in [3.05, 3.63) is 46.6 Å². The quantitative estimate of drug-likeness (QED) is 0.853. The highest BCUT2D eigenvalue weighted by Crippen LogP contribution is 2.29. The normalized spacial score (nSPS) is 11.3. The number of hydrogen-bond donors (Lipinski definition) is 1. The van der Waals surface area contributed by atoms with Gasteiger partial charge in [0, 0.05) is 6.20 Å². The zero-order valence-corrected chi connectivity index (χ0v) is 14.8. The second-order valence-electron chi connectivity index (χ2n) is 5.20. The maximum absolute atomic E-state index is 12.7. The van der Waals surface area contributed by atoms with E-state index < -0.39 is 10.0 Å². The molecule has 0 spiro atoms. The molecular weight excluding hydrogens is 336 g/mol. The Morgan fingerprint density at radius 2 is 1.91 bits per heavy atom. The maximum Gasteiger partial charge on any atom is 0.266 e. The van der Waals surface area contributed by atoms with E-state index >= 15 is 0 Å². The maximum atomic E-state index is 12.7. The smallest absolute Gasteiger partial charge is 0.266 e. The number of sulfonamides is 1. The van der Waals surface area contributed by atoms with Gasteiger partial charge in [0.1, 0.15) is 16.5 Å². The largest absolute Gasteiger partial charge is 0.492 e. The van der Waals surface area contributed by atoms with Gasteiger partial charge in [0.2, 0.25) is 0 Å². The SMILES string of the molecule is CCCOc1cc(C)c(C)cc1S(=O)(=O)Nc1ccc(Cl)cn1. The lowest BCUT2D eigenvalue weighted by Crippen LogP contribution is -2.16. The minimum absolute atomic E-state index is 0.103. The summed E-state index contributed by atoms with van der Waals surface area (Å²) in [7, 11) is -3.81. The van der Waals surface area contributed by atoms with Crippen LogP contribution in [0.15, 0.2) is 35.4 Å². The van der Waals surface area contributed by atoms with Crippen molar-refractivity contribution in [2.45, 2.75) is 32.1 Å². The topological polar surface area (TPSA) is 68.3 Å². The predicted molar refractivity (Wildman–Crippen MR) is 91.8 cm³/mol. The van der Waals surface area contributed by atoms with Crippen molar-refractivity contribution in [1.29, 1.82) is 0 Å². The third-order valence-corrected chi connectivity index (χ3v) is 4.88. The number of benzene rings is 1. The lowest BCUT2D eigenvalue weighted by atomic mass is 10.1. The predicted octanol–water partition coefficient (Wildman–Crippen LogP) is 3.94. The zero-order valence-electron chi connectivity index (χ0n) is 13.3. The first kappa shape index (κ1) is 17.6. The summed E-state index contributed by atoms with van der Waals surface area (Å²) in [4.78, 5) is 4.06. The molecule has 5 nitrogen and oxygen atoms in total. The summed E-state index contributed by atoms with van der Waals surface area (Å²) in [5.74, 6) is 0.547. The van der Waals surface area contributed by atoms with E-state index in [2.05, 4.69) is 9.71 Å². The number of aryl methyl sites for hydroxylation is 2. The molecule has 0 atom stereocenters. The van der Waals surface area contributed by atoms with Gasteiger partial charge in [-0.05, 0) is 55.7 Å². The van der Waals surface area contributed by atoms with Crippen molar-refractivity contribution in [2.75, 3.05) is 11.3 Å². The second kappa shape index (κ2) is 7.19. The van der Waals surface area contributed by atoms with Crippen LogP contribution in [0.5, 0.6) is 5.75 Å². The van der Waals surface area contributed by atoms with Crippen LogP contribution in [0.3, 0.4) is 0 Å². The number of rotatable bonds is 6. The molecule has 0 unspecified atom stereocenters. The highest BCUT2D eigenvalue weighted by molar-refractivity contribution is 7.92. The summed E-state index contributed by atoms with van der Waals surface area (Å²) in [6.45, 7) is 6.19. The molecular formula is C16H19ClN2O3S. The van der Waals surface area contributed by atoms with Crippen LogP contribution in [-0.2, 0) is 10.0 Å². The Labute approximate surface area is 141 Å². The van der Waals surface area contributed by atoms with E-state index in [9.17, 15) is 8.42 Å². The molecule has 23 heavy (non-hydrogen) atoms. The molecule has 124 valence electrons. The summed E-state index contributed by atoms with van der Waals surface area (Å²) in [6.07, 6.45) is 2.17. The molecule has 0 aliphatic rings. The molecule has 0 fully saturated rings. The lowest BCUT2D eigenvalue weighted by Gasteiger charge is -2.15. The van der Waals surface area contributed by atoms with Crippen LogP contribution in [0.4, 0.5) is 5.82 Å². The van der Waals surface area contributed by atoms with Gasteiger partial charge in [0.25, 0.3) is 10.0 Å². The van der Waals surface area contributed by atoms with E-state index in [0.29, 0.717) is 17.4 Å². The molecule has 1 heterocycles. The van der Waals surface area contributed by atoms with E-state index in [1.54, 1.807) is 18.2 Å². The van der Waals surface area contributed by atoms with Gasteiger partial charge in [0.05, 0.1) is 11.6 Å². The number of ether oxygens (including phenoxy) is 1. The average Bonchev–Trinajstić information content (AvgIpc) is 2.50. The molecule has 1 aromatic carbocycles. The van der Waals surface area contributed by atoms with Gasteiger partial charge in [-0.25, -0.2) is 13.4 Å². The Bertz CT molecular complexity index is 790. The zero-order chi connectivity index (χ0) is 17.0. The fourth-order valence-corrected chi connectivity index (χ4v) is 3.26. The average molecular weight is 355 g/mol. The highest BCUT2D eigenvalue weighted by Gasteiger charge is 2.21. The van der Waals surface area contributed by atoms with Crippen LogP contribution in [0.25, 0.3) is 0 Å². The van der Waals surface area contributed by atoms with Gasteiger partial charge in [-0.15, -0.1) is 0 Å². The number of halogens is 1. The molecule has 0 aliphatic heterocycles. The van der Waals surface area contributed by atoms with Gasteiger partial charge < -0.3 is 4.74 Å². The van der Waals surface area contributed by atoms with Crippen LogP contribution in [0.1, 0.15) is 24.5 Å². The fraction of sp³-hybridized carbons (Fsp3) is 0.312. The molecule has 2 rings (SSSR count). The lowest BCUT2D eigenvalue weighted by molar-refractivity contribution is 0.309. The number of anilines is 1. The monoisotopic (exact) mass is 354 g/mol. The van der Waals surface area contributed by atoms with E-state index in [-0.39, 0.29) is 10.7 Å². The third-order valence-electron chi connectivity index (χ3n) is 3.28. The molecule has 0 radical (unpaired) electrons. The van der Waals surface area contributed by atoms with Crippen LogP contribution < -0.4 is 9.46 Å². The number of nitrogens with one attached hydrogen (secondary N) is 1. The van der Waals surface area contributed by atoms with E-state index in [4.69, 9.17) is 16.3 Å². The standard InChI is InChI=1S/C16H19ClN2O3S/c1-4-7-22-14-8-11(2)12(3)9-15(14)23(20,21)19-16-6-5-13(17)10-18-16/h5-6,8-10H,4,7H2,1-3H3,(H,18,19). The Hall–Kier alpha value is -1.79. The van der Waals surface area contributed by atoms with Gasteiger partial charge in [-0.3, -0.25) is 4.72 Å². The van der Waals surface area contributed by atoms with E-state index in [1.165, 1.54) is 12.3 Å². The van der Waals surface area contributed by atoms with Crippen molar-refractivity contribution in [3.63, 3.8) is 0 Å². The summed E-state index contributed by atoms with van der Waals surface area (Å²) in [5.41, 5.74) is 1.85. The van der Waals surface area contributed by atoms with Crippen LogP contribution in [0.2, 0.25) is 5.02 Å². The van der Waals surface area contributed by atoms with E-state index in [0.717, 1.165) is 17.5 Å². The fourth-order valence-electron chi connectivity index (χ4n) is 1.93. The van der Waals surface area contributed by atoms with Gasteiger partial charge in [-0.1, -0.05) is 18.5 Å². The Morgan fingerprint density at radius 1 is 1.22 bits per heavy atom. The number of aromatic nitrogens is 1. The molecule has 0 saturated carbocycles. The van der Waals surface area contributed by atoms with Crippen molar-refractivity contribution in [2.24, 2.45) is 0 Å². The van der Waals surface area contributed by atoms with Crippen molar-refractivity contribution in [1.82, 2.24) is 4.98 Å². The first-order chi connectivity index (χ1) is 10.8. The van der Waals surface area contributed by atoms with Crippen molar-refractivity contribution in [3.8, 4) is 5.75 Å². The molecule has 0 saturated heterocycles. The Morgan fingerprint density at radius 3 is 2.52 bits per heavy atom. The molecule has 0 aliphatic carbocycles. The Balaban J connectivity index is 2.41. The Kier molecular flexibility index (Phi) is 5.49. The summed E-state index contributed by atoms with van der Waals surface area (Å²) >= 11 is 5.76. The highest BCUT2D eigenvalue weighted by atomic mass is 35.5. The van der Waals surface area contributed by atoms with Crippen LogP contribution >= 0.6 is 11.6 Å². The van der Waals surface area contributed by atoms with Crippen LogP contribution in [0, 0.1) is 13.8 Å². The number of hydrogen-bond acceptors (Lipinski definition) is 4.